The van der Waals surface area contributed by atoms with Gasteiger partial charge in [-0.3, -0.25) is 4.79 Å². The van der Waals surface area contributed by atoms with Gasteiger partial charge < -0.3 is 10.4 Å². The molecule has 0 unspecified atom stereocenters. The molecule has 21 heavy (non-hydrogen) atoms. The van der Waals surface area contributed by atoms with Crippen molar-refractivity contribution in [2.45, 2.75) is 18.4 Å². The van der Waals surface area contributed by atoms with Crippen LogP contribution in [-0.2, 0) is 10.4 Å². The highest BCUT2D eigenvalue weighted by Crippen LogP contribution is 2.31. The van der Waals surface area contributed by atoms with Gasteiger partial charge >= 0.3 is 0 Å². The molecule has 2 N–H and O–H groups in total. The number of hydrogen-bond donors (Lipinski definition) is 2. The molecule has 1 aliphatic carbocycles. The van der Waals surface area contributed by atoms with Crippen molar-refractivity contribution in [1.29, 1.82) is 0 Å². The van der Waals surface area contributed by atoms with E-state index in [0.717, 1.165) is 12.8 Å². The van der Waals surface area contributed by atoms with Gasteiger partial charge in [-0.2, -0.15) is 0 Å². The smallest absolute Gasteiger partial charge is 0.261 e. The molecule has 0 aliphatic heterocycles. The topological polar surface area (TPSA) is 49.3 Å². The molecule has 2 aromatic carbocycles. The van der Waals surface area contributed by atoms with E-state index in [4.69, 9.17) is 0 Å². The molecule has 3 nitrogen and oxygen atoms in total. The Morgan fingerprint density at radius 2 is 1.48 bits per heavy atom. The molecule has 0 spiro atoms. The first-order chi connectivity index (χ1) is 10.2. The summed E-state index contributed by atoms with van der Waals surface area (Å²) in [4.78, 5) is 12.6. The highest BCUT2D eigenvalue weighted by Gasteiger charge is 2.40. The number of carbonyl (C=O) groups is 1. The third-order valence-corrected chi connectivity index (χ3v) is 3.96. The standard InChI is InChI=1S/C18H19NO2/c20-17(19-13-14-11-12-14)18(21,15-7-3-1-4-8-15)16-9-5-2-6-10-16/h1-10,14,21H,11-13H2,(H,19,20). The summed E-state index contributed by atoms with van der Waals surface area (Å²) in [6, 6.07) is 18.2. The Balaban J connectivity index is 1.95. The number of rotatable bonds is 5. The normalized spacial score (nSPS) is 14.7. The van der Waals surface area contributed by atoms with Gasteiger partial charge in [-0.05, 0) is 29.9 Å². The molecule has 0 heterocycles. The summed E-state index contributed by atoms with van der Waals surface area (Å²) in [5.74, 6) is 0.219. The maximum absolute atomic E-state index is 12.6. The highest BCUT2D eigenvalue weighted by molar-refractivity contribution is 5.90. The van der Waals surface area contributed by atoms with Crippen LogP contribution in [0, 0.1) is 5.92 Å². The molecule has 2 aromatic rings. The van der Waals surface area contributed by atoms with Gasteiger partial charge in [0, 0.05) is 6.54 Å². The van der Waals surface area contributed by atoms with E-state index in [1.807, 2.05) is 36.4 Å². The average molecular weight is 281 g/mol. The molecular weight excluding hydrogens is 262 g/mol. The average Bonchev–Trinajstić information content (AvgIpc) is 3.38. The predicted molar refractivity (Wildman–Crippen MR) is 81.6 cm³/mol. The number of nitrogens with one attached hydrogen (secondary N) is 1. The van der Waals surface area contributed by atoms with E-state index in [2.05, 4.69) is 5.32 Å². The SMILES string of the molecule is O=C(NCC1CC1)C(O)(c1ccccc1)c1ccccc1. The quantitative estimate of drug-likeness (QED) is 0.884. The monoisotopic (exact) mass is 281 g/mol. The number of aliphatic hydroxyl groups is 1. The molecule has 0 atom stereocenters. The Hall–Kier alpha value is -2.13. The maximum Gasteiger partial charge on any atom is 0.261 e. The highest BCUT2D eigenvalue weighted by atomic mass is 16.3. The summed E-state index contributed by atoms with van der Waals surface area (Å²) < 4.78 is 0. The first kappa shape index (κ1) is 13.8. The molecule has 1 amide bonds. The van der Waals surface area contributed by atoms with Crippen molar-refractivity contribution in [2.24, 2.45) is 5.92 Å². The molecule has 0 radical (unpaired) electrons. The van der Waals surface area contributed by atoms with E-state index in [9.17, 15) is 9.90 Å². The van der Waals surface area contributed by atoms with Crippen LogP contribution in [0.15, 0.2) is 60.7 Å². The second-order valence-corrected chi connectivity index (χ2v) is 5.60. The van der Waals surface area contributed by atoms with Gasteiger partial charge in [0.15, 0.2) is 5.60 Å². The Kier molecular flexibility index (Phi) is 3.76. The predicted octanol–water partition coefficient (Wildman–Crippen LogP) is 2.45. The third-order valence-electron chi connectivity index (χ3n) is 3.96. The van der Waals surface area contributed by atoms with Gasteiger partial charge in [0.25, 0.3) is 5.91 Å². The van der Waals surface area contributed by atoms with Gasteiger partial charge in [-0.1, -0.05) is 60.7 Å². The molecule has 1 fully saturated rings. The van der Waals surface area contributed by atoms with Crippen LogP contribution in [0.1, 0.15) is 24.0 Å². The molecule has 1 saturated carbocycles. The summed E-state index contributed by atoms with van der Waals surface area (Å²) >= 11 is 0. The number of amides is 1. The lowest BCUT2D eigenvalue weighted by atomic mass is 9.85. The minimum Gasteiger partial charge on any atom is -0.372 e. The zero-order valence-electron chi connectivity index (χ0n) is 11.8. The minimum absolute atomic E-state index is 0.355. The molecular formula is C18H19NO2. The number of carbonyl (C=O) groups excluding carboxylic acids is 1. The lowest BCUT2D eigenvalue weighted by Gasteiger charge is -2.28. The fourth-order valence-electron chi connectivity index (χ4n) is 2.47. The van der Waals surface area contributed by atoms with Crippen LogP contribution in [0.3, 0.4) is 0 Å². The first-order valence-corrected chi connectivity index (χ1v) is 7.33. The van der Waals surface area contributed by atoms with Crippen molar-refractivity contribution in [1.82, 2.24) is 5.32 Å². The van der Waals surface area contributed by atoms with Gasteiger partial charge in [0.2, 0.25) is 0 Å². The van der Waals surface area contributed by atoms with E-state index in [-0.39, 0.29) is 5.91 Å². The first-order valence-electron chi connectivity index (χ1n) is 7.33. The van der Waals surface area contributed by atoms with Crippen LogP contribution in [0.4, 0.5) is 0 Å². The van der Waals surface area contributed by atoms with E-state index >= 15 is 0 Å². The minimum atomic E-state index is -1.64. The zero-order valence-corrected chi connectivity index (χ0v) is 11.8. The lowest BCUT2D eigenvalue weighted by molar-refractivity contribution is -0.136. The van der Waals surface area contributed by atoms with Crippen molar-refractivity contribution in [3.05, 3.63) is 71.8 Å². The number of hydrogen-bond acceptors (Lipinski definition) is 2. The van der Waals surface area contributed by atoms with Gasteiger partial charge in [0.05, 0.1) is 0 Å². The summed E-state index contributed by atoms with van der Waals surface area (Å²) in [5, 5.41) is 14.0. The van der Waals surface area contributed by atoms with E-state index in [1.165, 1.54) is 0 Å². The van der Waals surface area contributed by atoms with Crippen LogP contribution in [0.5, 0.6) is 0 Å². The van der Waals surface area contributed by atoms with Crippen molar-refractivity contribution in [2.75, 3.05) is 6.54 Å². The summed E-state index contributed by atoms with van der Waals surface area (Å²) in [6.07, 6.45) is 2.32. The maximum atomic E-state index is 12.6. The molecule has 3 heteroatoms. The Labute approximate surface area is 124 Å². The van der Waals surface area contributed by atoms with Crippen LogP contribution < -0.4 is 5.32 Å². The van der Waals surface area contributed by atoms with Crippen molar-refractivity contribution < 1.29 is 9.90 Å². The molecule has 3 rings (SSSR count). The molecule has 0 saturated heterocycles. The summed E-state index contributed by atoms with van der Waals surface area (Å²) in [5.41, 5.74) is -0.466. The molecule has 1 aliphatic rings. The fraction of sp³-hybridized carbons (Fsp3) is 0.278. The van der Waals surface area contributed by atoms with Crippen molar-refractivity contribution in [3.8, 4) is 0 Å². The number of benzene rings is 2. The second kappa shape index (κ2) is 5.70. The van der Waals surface area contributed by atoms with Crippen molar-refractivity contribution >= 4 is 5.91 Å². The molecule has 108 valence electrons. The summed E-state index contributed by atoms with van der Waals surface area (Å²) in [7, 11) is 0. The van der Waals surface area contributed by atoms with Crippen LogP contribution in [-0.4, -0.2) is 17.6 Å². The Bertz CT molecular complexity index is 566. The second-order valence-electron chi connectivity index (χ2n) is 5.60. The van der Waals surface area contributed by atoms with Gasteiger partial charge in [-0.15, -0.1) is 0 Å². The third kappa shape index (κ3) is 2.83. The van der Waals surface area contributed by atoms with Gasteiger partial charge in [-0.25, -0.2) is 0 Å². The van der Waals surface area contributed by atoms with Crippen molar-refractivity contribution in [3.63, 3.8) is 0 Å². The molecule has 0 aromatic heterocycles. The van der Waals surface area contributed by atoms with Crippen LogP contribution >= 0.6 is 0 Å². The zero-order chi connectivity index (χ0) is 14.7. The Morgan fingerprint density at radius 1 is 1.00 bits per heavy atom. The Morgan fingerprint density at radius 3 is 1.90 bits per heavy atom. The summed E-state index contributed by atoms with van der Waals surface area (Å²) in [6.45, 7) is 0.640. The molecule has 0 bridgehead atoms. The lowest BCUT2D eigenvalue weighted by Crippen LogP contribution is -2.46. The largest absolute Gasteiger partial charge is 0.372 e. The van der Waals surface area contributed by atoms with Crippen LogP contribution in [0.2, 0.25) is 0 Å². The van der Waals surface area contributed by atoms with E-state index in [0.29, 0.717) is 23.6 Å². The van der Waals surface area contributed by atoms with E-state index in [1.54, 1.807) is 24.3 Å². The van der Waals surface area contributed by atoms with Crippen LogP contribution in [0.25, 0.3) is 0 Å². The fourth-order valence-corrected chi connectivity index (χ4v) is 2.47. The van der Waals surface area contributed by atoms with Gasteiger partial charge in [0.1, 0.15) is 0 Å². The van der Waals surface area contributed by atoms with E-state index < -0.39 is 5.60 Å².